The number of nitrogens with one attached hydrogen (secondary N) is 3. The SMILES string of the molecule is CC1NC(=O)NC(=O)C1CC(=O)Nc1cccc(Cl)c1. The zero-order valence-electron chi connectivity index (χ0n) is 10.8. The van der Waals surface area contributed by atoms with Gasteiger partial charge in [-0.3, -0.25) is 14.9 Å². The van der Waals surface area contributed by atoms with Gasteiger partial charge in [-0.05, 0) is 25.1 Å². The molecule has 20 heavy (non-hydrogen) atoms. The molecular weight excluding hydrogens is 282 g/mol. The normalized spacial score (nSPS) is 21.9. The van der Waals surface area contributed by atoms with Gasteiger partial charge in [-0.15, -0.1) is 0 Å². The van der Waals surface area contributed by atoms with Crippen LogP contribution in [0.25, 0.3) is 0 Å². The van der Waals surface area contributed by atoms with E-state index in [4.69, 9.17) is 11.6 Å². The maximum absolute atomic E-state index is 11.9. The van der Waals surface area contributed by atoms with E-state index in [0.29, 0.717) is 10.7 Å². The van der Waals surface area contributed by atoms with Crippen molar-refractivity contribution in [3.63, 3.8) is 0 Å². The molecule has 0 saturated carbocycles. The lowest BCUT2D eigenvalue weighted by Gasteiger charge is -2.28. The van der Waals surface area contributed by atoms with Gasteiger partial charge in [0.05, 0.1) is 5.92 Å². The van der Waals surface area contributed by atoms with Crippen LogP contribution < -0.4 is 16.0 Å². The highest BCUT2D eigenvalue weighted by Crippen LogP contribution is 2.17. The van der Waals surface area contributed by atoms with Crippen molar-refractivity contribution in [1.82, 2.24) is 10.6 Å². The topological polar surface area (TPSA) is 87.3 Å². The third-order valence-electron chi connectivity index (χ3n) is 3.05. The molecule has 0 aromatic heterocycles. The number of carbonyl (C=O) groups is 3. The number of hydrogen-bond acceptors (Lipinski definition) is 3. The van der Waals surface area contributed by atoms with Crippen molar-refractivity contribution >= 4 is 35.1 Å². The third-order valence-corrected chi connectivity index (χ3v) is 3.28. The Morgan fingerprint density at radius 2 is 2.15 bits per heavy atom. The Balaban J connectivity index is 1.97. The minimum Gasteiger partial charge on any atom is -0.335 e. The summed E-state index contributed by atoms with van der Waals surface area (Å²) in [5, 5.41) is 7.89. The summed E-state index contributed by atoms with van der Waals surface area (Å²) in [6.45, 7) is 1.69. The Labute approximate surface area is 120 Å². The van der Waals surface area contributed by atoms with E-state index in [1.807, 2.05) is 0 Å². The first-order valence-electron chi connectivity index (χ1n) is 6.12. The number of rotatable bonds is 3. The number of hydrogen-bond donors (Lipinski definition) is 3. The van der Waals surface area contributed by atoms with Crippen LogP contribution in [0.3, 0.4) is 0 Å². The lowest BCUT2D eigenvalue weighted by atomic mass is 9.94. The largest absolute Gasteiger partial charge is 0.335 e. The predicted molar refractivity (Wildman–Crippen MR) is 74.3 cm³/mol. The summed E-state index contributed by atoms with van der Waals surface area (Å²) in [6.07, 6.45) is -0.0141. The van der Waals surface area contributed by atoms with Gasteiger partial charge < -0.3 is 10.6 Å². The summed E-state index contributed by atoms with van der Waals surface area (Å²) in [5.74, 6) is -1.34. The van der Waals surface area contributed by atoms with Crippen molar-refractivity contribution < 1.29 is 14.4 Å². The standard InChI is InChI=1S/C13H14ClN3O3/c1-7-10(12(19)17-13(20)15-7)6-11(18)16-9-4-2-3-8(14)5-9/h2-5,7,10H,6H2,1H3,(H,16,18)(H2,15,17,19,20). The van der Waals surface area contributed by atoms with Crippen LogP contribution in [-0.2, 0) is 9.59 Å². The third kappa shape index (κ3) is 3.48. The summed E-state index contributed by atoms with van der Waals surface area (Å²) in [7, 11) is 0. The Bertz CT molecular complexity index is 562. The van der Waals surface area contributed by atoms with Gasteiger partial charge in [-0.2, -0.15) is 0 Å². The molecule has 1 aliphatic rings. The van der Waals surface area contributed by atoms with Crippen molar-refractivity contribution in [2.24, 2.45) is 5.92 Å². The van der Waals surface area contributed by atoms with Crippen LogP contribution in [0.1, 0.15) is 13.3 Å². The second kappa shape index (κ2) is 5.92. The van der Waals surface area contributed by atoms with Gasteiger partial charge in [0.25, 0.3) is 0 Å². The lowest BCUT2D eigenvalue weighted by molar-refractivity contribution is -0.129. The first-order chi connectivity index (χ1) is 9.45. The van der Waals surface area contributed by atoms with E-state index in [9.17, 15) is 14.4 Å². The van der Waals surface area contributed by atoms with Crippen molar-refractivity contribution in [3.8, 4) is 0 Å². The second-order valence-electron chi connectivity index (χ2n) is 4.62. The van der Waals surface area contributed by atoms with Crippen LogP contribution in [0.2, 0.25) is 5.02 Å². The molecule has 3 N–H and O–H groups in total. The number of imide groups is 1. The molecule has 0 spiro atoms. The lowest BCUT2D eigenvalue weighted by Crippen LogP contribution is -2.57. The molecule has 1 aliphatic heterocycles. The van der Waals surface area contributed by atoms with Crippen LogP contribution >= 0.6 is 11.6 Å². The van der Waals surface area contributed by atoms with Gasteiger partial charge in [0.2, 0.25) is 11.8 Å². The molecule has 1 aromatic carbocycles. The van der Waals surface area contributed by atoms with Gasteiger partial charge in [-0.1, -0.05) is 17.7 Å². The molecular formula is C13H14ClN3O3. The average Bonchev–Trinajstić information content (AvgIpc) is 2.33. The summed E-state index contributed by atoms with van der Waals surface area (Å²) >= 11 is 5.82. The maximum atomic E-state index is 11.9. The molecule has 4 amide bonds. The highest BCUT2D eigenvalue weighted by molar-refractivity contribution is 6.30. The molecule has 1 heterocycles. The molecule has 0 radical (unpaired) electrons. The van der Waals surface area contributed by atoms with Crippen molar-refractivity contribution in [3.05, 3.63) is 29.3 Å². The quantitative estimate of drug-likeness (QED) is 0.790. The first kappa shape index (κ1) is 14.3. The Morgan fingerprint density at radius 3 is 2.80 bits per heavy atom. The minimum absolute atomic E-state index is 0.0141. The van der Waals surface area contributed by atoms with Crippen molar-refractivity contribution in [1.29, 1.82) is 0 Å². The Morgan fingerprint density at radius 1 is 1.40 bits per heavy atom. The highest BCUT2D eigenvalue weighted by Gasteiger charge is 2.33. The van der Waals surface area contributed by atoms with Crippen LogP contribution in [0.5, 0.6) is 0 Å². The predicted octanol–water partition coefficient (Wildman–Crippen LogP) is 1.51. The molecule has 1 aromatic rings. The zero-order chi connectivity index (χ0) is 14.7. The average molecular weight is 296 g/mol. The molecule has 106 valence electrons. The number of amides is 4. The minimum atomic E-state index is -0.591. The van der Waals surface area contributed by atoms with Crippen molar-refractivity contribution in [2.45, 2.75) is 19.4 Å². The number of urea groups is 1. The van der Waals surface area contributed by atoms with Gasteiger partial charge >= 0.3 is 6.03 Å². The summed E-state index contributed by atoms with van der Waals surface area (Å²) in [6, 6.07) is 5.81. The summed E-state index contributed by atoms with van der Waals surface area (Å²) < 4.78 is 0. The number of benzene rings is 1. The van der Waals surface area contributed by atoms with Crippen LogP contribution in [-0.4, -0.2) is 23.9 Å². The van der Waals surface area contributed by atoms with E-state index in [-0.39, 0.29) is 18.4 Å². The monoisotopic (exact) mass is 295 g/mol. The summed E-state index contributed by atoms with van der Waals surface area (Å²) in [4.78, 5) is 34.7. The zero-order valence-corrected chi connectivity index (χ0v) is 11.5. The fourth-order valence-corrected chi connectivity index (χ4v) is 2.21. The van der Waals surface area contributed by atoms with Crippen LogP contribution in [0, 0.1) is 5.92 Å². The smallest absolute Gasteiger partial charge is 0.321 e. The fraction of sp³-hybridized carbons (Fsp3) is 0.308. The molecule has 0 aliphatic carbocycles. The number of carbonyl (C=O) groups excluding carboxylic acids is 3. The molecule has 1 saturated heterocycles. The fourth-order valence-electron chi connectivity index (χ4n) is 2.02. The van der Waals surface area contributed by atoms with Crippen LogP contribution in [0.15, 0.2) is 24.3 Å². The van der Waals surface area contributed by atoms with Gasteiger partial charge in [0, 0.05) is 23.2 Å². The van der Waals surface area contributed by atoms with E-state index in [2.05, 4.69) is 16.0 Å². The van der Waals surface area contributed by atoms with Gasteiger partial charge in [-0.25, -0.2) is 4.79 Å². The van der Waals surface area contributed by atoms with Crippen LogP contribution in [0.4, 0.5) is 10.5 Å². The van der Waals surface area contributed by atoms with Gasteiger partial charge in [0.15, 0.2) is 0 Å². The highest BCUT2D eigenvalue weighted by atomic mass is 35.5. The molecule has 1 fully saturated rings. The van der Waals surface area contributed by atoms with Gasteiger partial charge in [0.1, 0.15) is 0 Å². The van der Waals surface area contributed by atoms with E-state index in [0.717, 1.165) is 0 Å². The molecule has 6 nitrogen and oxygen atoms in total. The first-order valence-corrected chi connectivity index (χ1v) is 6.50. The molecule has 7 heteroatoms. The van der Waals surface area contributed by atoms with E-state index in [1.165, 1.54) is 0 Å². The summed E-state index contributed by atoms with van der Waals surface area (Å²) in [5.41, 5.74) is 0.565. The second-order valence-corrected chi connectivity index (χ2v) is 5.06. The number of halogens is 1. The Kier molecular flexibility index (Phi) is 4.24. The van der Waals surface area contributed by atoms with E-state index in [1.54, 1.807) is 31.2 Å². The molecule has 2 rings (SSSR count). The maximum Gasteiger partial charge on any atom is 0.321 e. The van der Waals surface area contributed by atoms with Crippen molar-refractivity contribution in [2.75, 3.05) is 5.32 Å². The number of anilines is 1. The molecule has 2 atom stereocenters. The molecule has 2 unspecified atom stereocenters. The van der Waals surface area contributed by atoms with E-state index < -0.39 is 17.9 Å². The van der Waals surface area contributed by atoms with E-state index >= 15 is 0 Å². The molecule has 0 bridgehead atoms. The Hall–Kier alpha value is -2.08.